The first-order chi connectivity index (χ1) is 6.93. The maximum Gasteiger partial charge on any atom is 0.199 e. The Kier molecular flexibility index (Phi) is 1.38. The van der Waals surface area contributed by atoms with Crippen LogP contribution in [0.2, 0.25) is 0 Å². The number of anilines is 2. The summed E-state index contributed by atoms with van der Waals surface area (Å²) in [5, 5.41) is 14.1. The molecule has 3 rings (SSSR count). The highest BCUT2D eigenvalue weighted by atomic mass is 16.5. The molecule has 2 heterocycles. The highest BCUT2D eigenvalue weighted by molar-refractivity contribution is 5.71. The Balaban J connectivity index is 2.12. The number of aromatic nitrogens is 3. The smallest absolute Gasteiger partial charge is 0.199 e. The first-order valence-electron chi connectivity index (χ1n) is 4.16. The van der Waals surface area contributed by atoms with Crippen LogP contribution in [0, 0.1) is 0 Å². The van der Waals surface area contributed by atoms with Gasteiger partial charge in [-0.3, -0.25) is 0 Å². The quantitative estimate of drug-likeness (QED) is 0.579. The van der Waals surface area contributed by atoms with E-state index in [-0.39, 0.29) is 0 Å². The van der Waals surface area contributed by atoms with Crippen molar-refractivity contribution in [2.24, 2.45) is 0 Å². The fourth-order valence-corrected chi connectivity index (χ4v) is 1.33. The van der Waals surface area contributed by atoms with Crippen LogP contribution >= 0.6 is 0 Å². The standard InChI is InChI=1S/C9H6N4O/c1-2-4-7-6(3-1)11-9-8(14-7)5-10-13-12-9/h1-5H,(H,10,11,12). The first kappa shape index (κ1) is 7.25. The van der Waals surface area contributed by atoms with E-state index in [2.05, 4.69) is 20.7 Å². The molecule has 1 aliphatic rings. The second-order valence-electron chi connectivity index (χ2n) is 2.87. The molecule has 0 saturated heterocycles. The summed E-state index contributed by atoms with van der Waals surface area (Å²) in [5.74, 6) is 1.97. The van der Waals surface area contributed by atoms with Crippen molar-refractivity contribution in [3.05, 3.63) is 30.5 Å². The Labute approximate surface area is 79.7 Å². The van der Waals surface area contributed by atoms with Gasteiger partial charge in [-0.25, -0.2) is 0 Å². The molecule has 0 unspecified atom stereocenters. The molecule has 2 aromatic rings. The zero-order valence-corrected chi connectivity index (χ0v) is 7.14. The van der Waals surface area contributed by atoms with Gasteiger partial charge in [0.15, 0.2) is 17.3 Å². The molecule has 14 heavy (non-hydrogen) atoms. The number of rotatable bonds is 0. The monoisotopic (exact) mass is 186 g/mol. The molecule has 0 bridgehead atoms. The Morgan fingerprint density at radius 2 is 2.07 bits per heavy atom. The summed E-state index contributed by atoms with van der Waals surface area (Å²) in [6.07, 6.45) is 1.53. The number of nitrogens with one attached hydrogen (secondary N) is 1. The number of fused-ring (bicyclic) bond motifs is 2. The maximum atomic E-state index is 5.55. The van der Waals surface area contributed by atoms with Gasteiger partial charge in [-0.2, -0.15) is 0 Å². The number of ether oxygens (including phenoxy) is 1. The molecule has 5 nitrogen and oxygen atoms in total. The van der Waals surface area contributed by atoms with Gasteiger partial charge >= 0.3 is 0 Å². The zero-order valence-electron chi connectivity index (χ0n) is 7.14. The Morgan fingerprint density at radius 3 is 3.07 bits per heavy atom. The summed E-state index contributed by atoms with van der Waals surface area (Å²) >= 11 is 0. The number of hydrogen-bond donors (Lipinski definition) is 1. The molecule has 0 radical (unpaired) electrons. The lowest BCUT2D eigenvalue weighted by atomic mass is 10.2. The molecule has 0 aliphatic carbocycles. The van der Waals surface area contributed by atoms with E-state index >= 15 is 0 Å². The normalized spacial score (nSPS) is 12.0. The van der Waals surface area contributed by atoms with Gasteiger partial charge in [0.2, 0.25) is 0 Å². The van der Waals surface area contributed by atoms with Gasteiger partial charge < -0.3 is 10.1 Å². The third-order valence-electron chi connectivity index (χ3n) is 1.96. The van der Waals surface area contributed by atoms with Crippen LogP contribution in [0.3, 0.4) is 0 Å². The van der Waals surface area contributed by atoms with Crippen LogP contribution < -0.4 is 10.1 Å². The molecular weight excluding hydrogens is 180 g/mol. The summed E-state index contributed by atoms with van der Waals surface area (Å²) in [6.45, 7) is 0. The van der Waals surface area contributed by atoms with Gasteiger partial charge in [0, 0.05) is 0 Å². The maximum absolute atomic E-state index is 5.55. The van der Waals surface area contributed by atoms with E-state index in [1.165, 1.54) is 6.20 Å². The lowest BCUT2D eigenvalue weighted by molar-refractivity contribution is 0.471. The molecule has 0 amide bonds. The van der Waals surface area contributed by atoms with Gasteiger partial charge in [0.1, 0.15) is 0 Å². The third-order valence-corrected chi connectivity index (χ3v) is 1.96. The minimum absolute atomic E-state index is 0.596. The van der Waals surface area contributed by atoms with Crippen molar-refractivity contribution in [1.82, 2.24) is 15.4 Å². The second-order valence-corrected chi connectivity index (χ2v) is 2.87. The van der Waals surface area contributed by atoms with Crippen LogP contribution in [-0.4, -0.2) is 15.4 Å². The van der Waals surface area contributed by atoms with E-state index in [0.29, 0.717) is 11.6 Å². The Morgan fingerprint density at radius 1 is 1.14 bits per heavy atom. The molecule has 1 aliphatic heterocycles. The van der Waals surface area contributed by atoms with Crippen LogP contribution in [0.25, 0.3) is 0 Å². The zero-order chi connectivity index (χ0) is 9.38. The van der Waals surface area contributed by atoms with Gasteiger partial charge in [-0.05, 0) is 17.3 Å². The van der Waals surface area contributed by atoms with Crippen LogP contribution in [0.5, 0.6) is 11.5 Å². The van der Waals surface area contributed by atoms with Crippen LogP contribution in [0.1, 0.15) is 0 Å². The molecule has 1 aromatic heterocycles. The fraction of sp³-hybridized carbons (Fsp3) is 0. The summed E-state index contributed by atoms with van der Waals surface area (Å²) in [5.41, 5.74) is 0.889. The number of para-hydroxylation sites is 2. The summed E-state index contributed by atoms with van der Waals surface area (Å²) in [4.78, 5) is 0. The number of benzene rings is 1. The average Bonchev–Trinajstić information content (AvgIpc) is 2.26. The summed E-state index contributed by atoms with van der Waals surface area (Å²) < 4.78 is 5.55. The van der Waals surface area contributed by atoms with E-state index in [4.69, 9.17) is 4.74 Å². The predicted octanol–water partition coefficient (Wildman–Crippen LogP) is 1.72. The third kappa shape index (κ3) is 0.990. The summed E-state index contributed by atoms with van der Waals surface area (Å²) in [7, 11) is 0. The first-order valence-corrected chi connectivity index (χ1v) is 4.16. The van der Waals surface area contributed by atoms with Crippen LogP contribution in [0.15, 0.2) is 30.5 Å². The highest BCUT2D eigenvalue weighted by Crippen LogP contribution is 2.39. The van der Waals surface area contributed by atoms with E-state index in [1.54, 1.807) is 0 Å². The van der Waals surface area contributed by atoms with Gasteiger partial charge in [0.05, 0.1) is 11.9 Å². The number of nitrogens with zero attached hydrogens (tertiary/aromatic N) is 3. The van der Waals surface area contributed by atoms with Crippen molar-refractivity contribution >= 4 is 11.5 Å². The minimum atomic E-state index is 0.596. The predicted molar refractivity (Wildman–Crippen MR) is 49.6 cm³/mol. The molecule has 0 fully saturated rings. The van der Waals surface area contributed by atoms with E-state index in [1.807, 2.05) is 24.3 Å². The molecular formula is C9H6N4O. The summed E-state index contributed by atoms with van der Waals surface area (Å²) in [6, 6.07) is 7.63. The van der Waals surface area contributed by atoms with Gasteiger partial charge in [0.25, 0.3) is 0 Å². The van der Waals surface area contributed by atoms with Crippen molar-refractivity contribution < 1.29 is 4.74 Å². The highest BCUT2D eigenvalue weighted by Gasteiger charge is 2.16. The van der Waals surface area contributed by atoms with Crippen molar-refractivity contribution in [3.63, 3.8) is 0 Å². The largest absolute Gasteiger partial charge is 0.449 e. The van der Waals surface area contributed by atoms with Crippen molar-refractivity contribution in [1.29, 1.82) is 0 Å². The molecule has 0 saturated carbocycles. The topological polar surface area (TPSA) is 59.9 Å². The lowest BCUT2D eigenvalue weighted by Gasteiger charge is -2.18. The number of hydrogen-bond acceptors (Lipinski definition) is 5. The average molecular weight is 186 g/mol. The second kappa shape index (κ2) is 2.66. The van der Waals surface area contributed by atoms with Crippen molar-refractivity contribution in [2.45, 2.75) is 0 Å². The van der Waals surface area contributed by atoms with Crippen LogP contribution in [0.4, 0.5) is 11.5 Å². The van der Waals surface area contributed by atoms with Gasteiger partial charge in [-0.1, -0.05) is 12.1 Å². The lowest BCUT2D eigenvalue weighted by Crippen LogP contribution is -2.06. The molecule has 1 N–H and O–H groups in total. The van der Waals surface area contributed by atoms with E-state index in [9.17, 15) is 0 Å². The Hall–Kier alpha value is -2.17. The van der Waals surface area contributed by atoms with Crippen molar-refractivity contribution in [2.75, 3.05) is 5.32 Å². The van der Waals surface area contributed by atoms with Crippen LogP contribution in [-0.2, 0) is 0 Å². The SMILES string of the molecule is c1ccc2c(c1)Nc1nnncc1O2. The fourth-order valence-electron chi connectivity index (χ4n) is 1.33. The van der Waals surface area contributed by atoms with E-state index < -0.39 is 0 Å². The Bertz CT molecular complexity index is 398. The minimum Gasteiger partial charge on any atom is -0.449 e. The van der Waals surface area contributed by atoms with Crippen molar-refractivity contribution in [3.8, 4) is 11.5 Å². The molecule has 0 atom stereocenters. The molecule has 5 heteroatoms. The molecule has 0 spiro atoms. The molecule has 1 aromatic carbocycles. The molecule has 68 valence electrons. The van der Waals surface area contributed by atoms with Gasteiger partial charge in [-0.15, -0.1) is 10.2 Å². The van der Waals surface area contributed by atoms with E-state index in [0.717, 1.165) is 11.4 Å².